The van der Waals surface area contributed by atoms with Gasteiger partial charge in [0, 0.05) is 56.6 Å². The van der Waals surface area contributed by atoms with Gasteiger partial charge in [0.15, 0.2) is 5.65 Å². The first kappa shape index (κ1) is 23.9. The van der Waals surface area contributed by atoms with E-state index in [9.17, 15) is 0 Å². The average molecular weight is 496 g/mol. The largest absolute Gasteiger partial charge is 0.356 e. The molecule has 0 saturated heterocycles. The fraction of sp³-hybridized carbons (Fsp3) is 0.467. The van der Waals surface area contributed by atoms with E-state index in [4.69, 9.17) is 10.1 Å². The maximum atomic E-state index is 5.30. The zero-order chi connectivity index (χ0) is 25.5. The fourth-order valence-corrected chi connectivity index (χ4v) is 5.47. The Balaban J connectivity index is 1.43. The molecule has 0 N–H and O–H groups in total. The Bertz CT molecular complexity index is 1370. The van der Waals surface area contributed by atoms with Gasteiger partial charge >= 0.3 is 0 Å². The molecule has 0 aliphatic heterocycles. The lowest BCUT2D eigenvalue weighted by Crippen LogP contribution is -2.32. The van der Waals surface area contributed by atoms with Crippen molar-refractivity contribution < 1.29 is 0 Å². The SMILES string of the molecule is Cc1cc(C)cc(CN(Cc2cc3c(C)nn(C)c3nc2N(CC2CC2)CC2CC2)c2ncccn2)c1. The zero-order valence-electron chi connectivity index (χ0n) is 22.5. The van der Waals surface area contributed by atoms with Gasteiger partial charge < -0.3 is 9.80 Å². The van der Waals surface area contributed by atoms with E-state index in [0.29, 0.717) is 6.54 Å². The Morgan fingerprint density at radius 2 is 1.49 bits per heavy atom. The van der Waals surface area contributed by atoms with E-state index in [1.807, 2.05) is 30.2 Å². The molecule has 1 aromatic carbocycles. The molecule has 2 fully saturated rings. The quantitative estimate of drug-likeness (QED) is 0.289. The normalized spacial score (nSPS) is 15.4. The van der Waals surface area contributed by atoms with Crippen LogP contribution in [0.2, 0.25) is 0 Å². The van der Waals surface area contributed by atoms with E-state index in [0.717, 1.165) is 60.0 Å². The van der Waals surface area contributed by atoms with Crippen molar-refractivity contribution in [1.82, 2.24) is 24.7 Å². The van der Waals surface area contributed by atoms with Crippen LogP contribution in [0.4, 0.5) is 11.8 Å². The Morgan fingerprint density at radius 1 is 0.838 bits per heavy atom. The van der Waals surface area contributed by atoms with Crippen LogP contribution >= 0.6 is 0 Å². The summed E-state index contributed by atoms with van der Waals surface area (Å²) in [7, 11) is 2.00. The number of anilines is 2. The molecule has 6 rings (SSSR count). The lowest BCUT2D eigenvalue weighted by atomic mass is 10.1. The summed E-state index contributed by atoms with van der Waals surface area (Å²) >= 11 is 0. The molecule has 0 unspecified atom stereocenters. The molecule has 3 heterocycles. The number of benzene rings is 1. The third-order valence-electron chi connectivity index (χ3n) is 7.56. The molecular formula is C30H37N7. The Hall–Kier alpha value is -3.48. The maximum absolute atomic E-state index is 5.30. The van der Waals surface area contributed by atoms with Gasteiger partial charge in [-0.1, -0.05) is 29.3 Å². The molecule has 0 radical (unpaired) electrons. The number of hydrogen-bond acceptors (Lipinski definition) is 6. The van der Waals surface area contributed by atoms with Crippen molar-refractivity contribution in [2.24, 2.45) is 18.9 Å². The van der Waals surface area contributed by atoms with Gasteiger partial charge in [0.25, 0.3) is 0 Å². The fourth-order valence-electron chi connectivity index (χ4n) is 5.47. The lowest BCUT2D eigenvalue weighted by Gasteiger charge is -2.29. The van der Waals surface area contributed by atoms with Gasteiger partial charge in [-0.15, -0.1) is 0 Å². The number of aryl methyl sites for hydroxylation is 4. The predicted octanol–water partition coefficient (Wildman–Crippen LogP) is 5.52. The van der Waals surface area contributed by atoms with Crippen LogP contribution in [0.1, 0.15) is 53.6 Å². The predicted molar refractivity (Wildman–Crippen MR) is 149 cm³/mol. The molecule has 2 aliphatic carbocycles. The molecule has 4 aromatic rings. The second kappa shape index (κ2) is 9.77. The van der Waals surface area contributed by atoms with Gasteiger partial charge in [-0.2, -0.15) is 5.10 Å². The Labute approximate surface area is 219 Å². The number of rotatable bonds is 10. The second-order valence-electron chi connectivity index (χ2n) is 11.2. The number of aromatic nitrogens is 5. The van der Waals surface area contributed by atoms with Crippen LogP contribution in [-0.4, -0.2) is 37.8 Å². The summed E-state index contributed by atoms with van der Waals surface area (Å²) < 4.78 is 1.93. The minimum Gasteiger partial charge on any atom is -0.356 e. The number of hydrogen-bond donors (Lipinski definition) is 0. The number of nitrogens with zero attached hydrogens (tertiary/aromatic N) is 7. The van der Waals surface area contributed by atoms with Crippen molar-refractivity contribution in [1.29, 1.82) is 0 Å². The topological polar surface area (TPSA) is 63.0 Å². The second-order valence-corrected chi connectivity index (χ2v) is 11.2. The molecule has 2 aliphatic rings. The highest BCUT2D eigenvalue weighted by molar-refractivity contribution is 5.81. The molecule has 2 saturated carbocycles. The summed E-state index contributed by atoms with van der Waals surface area (Å²) in [6.45, 7) is 10.0. The van der Waals surface area contributed by atoms with Crippen molar-refractivity contribution in [3.05, 3.63) is 70.7 Å². The van der Waals surface area contributed by atoms with E-state index in [2.05, 4.69) is 64.8 Å². The zero-order valence-corrected chi connectivity index (χ0v) is 22.5. The van der Waals surface area contributed by atoms with Crippen LogP contribution in [0, 0.1) is 32.6 Å². The van der Waals surface area contributed by atoms with Crippen LogP contribution in [0.25, 0.3) is 11.0 Å². The van der Waals surface area contributed by atoms with Crippen molar-refractivity contribution >= 4 is 22.8 Å². The average Bonchev–Trinajstić information content (AvgIpc) is 3.80. The summed E-state index contributed by atoms with van der Waals surface area (Å²) in [6.07, 6.45) is 8.99. The van der Waals surface area contributed by atoms with E-state index in [1.165, 1.54) is 47.9 Å². The van der Waals surface area contributed by atoms with Crippen LogP contribution < -0.4 is 9.80 Å². The van der Waals surface area contributed by atoms with E-state index in [-0.39, 0.29) is 0 Å². The van der Waals surface area contributed by atoms with Crippen LogP contribution in [0.3, 0.4) is 0 Å². The molecule has 7 heteroatoms. The third-order valence-corrected chi connectivity index (χ3v) is 7.56. The highest BCUT2D eigenvalue weighted by atomic mass is 15.3. The van der Waals surface area contributed by atoms with Gasteiger partial charge in [0.1, 0.15) is 5.82 Å². The first-order valence-electron chi connectivity index (χ1n) is 13.6. The van der Waals surface area contributed by atoms with Gasteiger partial charge in [-0.05, 0) is 76.0 Å². The number of pyridine rings is 1. The van der Waals surface area contributed by atoms with Crippen molar-refractivity contribution in [3.8, 4) is 0 Å². The van der Waals surface area contributed by atoms with Crippen LogP contribution in [0.15, 0.2) is 42.7 Å². The molecule has 37 heavy (non-hydrogen) atoms. The summed E-state index contributed by atoms with van der Waals surface area (Å²) in [6, 6.07) is 11.0. The molecule has 192 valence electrons. The summed E-state index contributed by atoms with van der Waals surface area (Å²) in [5, 5.41) is 5.82. The Morgan fingerprint density at radius 3 is 2.11 bits per heavy atom. The van der Waals surface area contributed by atoms with Gasteiger partial charge in [0.2, 0.25) is 5.95 Å². The van der Waals surface area contributed by atoms with Crippen LogP contribution in [0.5, 0.6) is 0 Å². The van der Waals surface area contributed by atoms with Gasteiger partial charge in [-0.25, -0.2) is 15.0 Å². The molecule has 0 atom stereocenters. The first-order chi connectivity index (χ1) is 17.9. The highest BCUT2D eigenvalue weighted by Gasteiger charge is 2.31. The molecule has 0 bridgehead atoms. The van der Waals surface area contributed by atoms with E-state index < -0.39 is 0 Å². The monoisotopic (exact) mass is 495 g/mol. The molecule has 0 spiro atoms. The summed E-state index contributed by atoms with van der Waals surface area (Å²) in [5.74, 6) is 3.43. The van der Waals surface area contributed by atoms with Gasteiger partial charge in [0.05, 0.1) is 5.69 Å². The van der Waals surface area contributed by atoms with Crippen molar-refractivity contribution in [3.63, 3.8) is 0 Å². The van der Waals surface area contributed by atoms with E-state index in [1.54, 1.807) is 0 Å². The standard InChI is InChI=1S/C30H37N7/c1-20-12-21(2)14-25(13-20)18-37(30-31-10-5-11-32-30)19-26-15-27-22(3)34-35(4)29(27)33-28(26)36(16-23-6-7-23)17-24-8-9-24/h5,10-15,23-24H,6-9,16-19H2,1-4H3. The Kier molecular flexibility index (Phi) is 6.31. The summed E-state index contributed by atoms with van der Waals surface area (Å²) in [5.41, 5.74) is 7.03. The third kappa shape index (κ3) is 5.45. The minimum atomic E-state index is 0.690. The lowest BCUT2D eigenvalue weighted by molar-refractivity contribution is 0.663. The summed E-state index contributed by atoms with van der Waals surface area (Å²) in [4.78, 5) is 19.5. The smallest absolute Gasteiger partial charge is 0.225 e. The van der Waals surface area contributed by atoms with Crippen LogP contribution in [-0.2, 0) is 20.1 Å². The first-order valence-corrected chi connectivity index (χ1v) is 13.6. The molecule has 0 amide bonds. The molecule has 7 nitrogen and oxygen atoms in total. The molecule has 3 aromatic heterocycles. The highest BCUT2D eigenvalue weighted by Crippen LogP contribution is 2.37. The van der Waals surface area contributed by atoms with Crippen molar-refractivity contribution in [2.75, 3.05) is 22.9 Å². The van der Waals surface area contributed by atoms with Crippen molar-refractivity contribution in [2.45, 2.75) is 59.5 Å². The van der Waals surface area contributed by atoms with Gasteiger partial charge in [-0.3, -0.25) is 4.68 Å². The van der Waals surface area contributed by atoms with E-state index >= 15 is 0 Å². The number of fused-ring (bicyclic) bond motifs is 1. The molecular weight excluding hydrogens is 458 g/mol. The minimum absolute atomic E-state index is 0.690. The maximum Gasteiger partial charge on any atom is 0.225 e.